The Hall–Kier alpha value is -2.66. The van der Waals surface area contributed by atoms with Gasteiger partial charge in [-0.3, -0.25) is 9.59 Å². The van der Waals surface area contributed by atoms with Crippen molar-refractivity contribution in [1.29, 1.82) is 0 Å². The molecular weight excluding hydrogens is 436 g/mol. The summed E-state index contributed by atoms with van der Waals surface area (Å²) in [5.41, 5.74) is 3.38. The lowest BCUT2D eigenvalue weighted by molar-refractivity contribution is 0.0950. The van der Waals surface area contributed by atoms with Crippen molar-refractivity contribution in [2.75, 3.05) is 26.2 Å². The van der Waals surface area contributed by atoms with Crippen molar-refractivity contribution in [2.24, 2.45) is 0 Å². The molecule has 0 spiro atoms. The molecule has 0 fully saturated rings. The number of benzene rings is 2. The first kappa shape index (κ1) is 28.6. The van der Waals surface area contributed by atoms with Gasteiger partial charge in [0.15, 0.2) is 5.78 Å². The van der Waals surface area contributed by atoms with Gasteiger partial charge in [0.1, 0.15) is 12.4 Å². The number of ether oxygens (including phenoxy) is 1. The fraction of sp³-hybridized carbons (Fsp3) is 0.533. The number of carbonyl (C=O) groups is 2. The Kier molecular flexibility index (Phi) is 13.1. The van der Waals surface area contributed by atoms with E-state index in [2.05, 4.69) is 31.0 Å². The van der Waals surface area contributed by atoms with Crippen LogP contribution in [0.4, 0.5) is 0 Å². The van der Waals surface area contributed by atoms with Gasteiger partial charge in [0, 0.05) is 23.2 Å². The number of Topliss-reactive ketones (excluding diaryl/α,β-unsaturated/α-hetero) is 1. The normalized spacial score (nSPS) is 11.0. The topological polar surface area (TPSA) is 58.6 Å². The van der Waals surface area contributed by atoms with Gasteiger partial charge in [0.2, 0.25) is 0 Å². The van der Waals surface area contributed by atoms with Crippen LogP contribution in [0.2, 0.25) is 0 Å². The van der Waals surface area contributed by atoms with Crippen LogP contribution in [-0.2, 0) is 13.0 Å². The molecule has 35 heavy (non-hydrogen) atoms. The molecule has 0 bridgehead atoms. The zero-order valence-electron chi connectivity index (χ0n) is 22.2. The van der Waals surface area contributed by atoms with Gasteiger partial charge in [-0.25, -0.2) is 0 Å². The highest BCUT2D eigenvalue weighted by molar-refractivity contribution is 5.96. The van der Waals surface area contributed by atoms with E-state index < -0.39 is 0 Å². The van der Waals surface area contributed by atoms with Crippen LogP contribution in [0.3, 0.4) is 0 Å². The molecule has 0 saturated heterocycles. The Morgan fingerprint density at radius 3 is 2.23 bits per heavy atom. The van der Waals surface area contributed by atoms with Crippen LogP contribution >= 0.6 is 0 Å². The van der Waals surface area contributed by atoms with E-state index in [1.54, 1.807) is 6.92 Å². The molecule has 0 aromatic heterocycles. The zero-order chi connectivity index (χ0) is 25.5. The third kappa shape index (κ3) is 9.85. The lowest BCUT2D eigenvalue weighted by Crippen LogP contribution is -2.31. The summed E-state index contributed by atoms with van der Waals surface area (Å²) in [4.78, 5) is 27.1. The SMILES string of the molecule is CCCCc1c(OCc2ccc(C(=O)NCCCN(CCC)CCCC)cc2)cccc1C(C)=O. The lowest BCUT2D eigenvalue weighted by Gasteiger charge is -2.21. The minimum Gasteiger partial charge on any atom is -0.489 e. The molecule has 0 unspecified atom stereocenters. The summed E-state index contributed by atoms with van der Waals surface area (Å²) in [5.74, 6) is 0.795. The highest BCUT2D eigenvalue weighted by Crippen LogP contribution is 2.26. The van der Waals surface area contributed by atoms with Gasteiger partial charge < -0.3 is 15.0 Å². The molecule has 2 aromatic carbocycles. The van der Waals surface area contributed by atoms with Crippen LogP contribution in [0.15, 0.2) is 42.5 Å². The van der Waals surface area contributed by atoms with Crippen LogP contribution in [0.5, 0.6) is 5.75 Å². The summed E-state index contributed by atoms with van der Waals surface area (Å²) in [6.07, 6.45) is 7.46. The smallest absolute Gasteiger partial charge is 0.251 e. The number of carbonyl (C=O) groups excluding carboxylic acids is 2. The average Bonchev–Trinajstić information content (AvgIpc) is 2.87. The molecule has 0 aliphatic rings. The molecule has 0 saturated carbocycles. The molecule has 0 radical (unpaired) electrons. The molecule has 2 rings (SSSR count). The van der Waals surface area contributed by atoms with Crippen molar-refractivity contribution >= 4 is 11.7 Å². The Morgan fingerprint density at radius 1 is 0.857 bits per heavy atom. The van der Waals surface area contributed by atoms with E-state index in [0.717, 1.165) is 74.2 Å². The number of nitrogens with one attached hydrogen (secondary N) is 1. The molecule has 1 N–H and O–H groups in total. The van der Waals surface area contributed by atoms with E-state index in [1.165, 1.54) is 12.8 Å². The second-order valence-electron chi connectivity index (χ2n) is 9.23. The molecular formula is C30H44N2O3. The second kappa shape index (κ2) is 16.1. The van der Waals surface area contributed by atoms with Crippen LogP contribution in [0.1, 0.15) is 98.1 Å². The summed E-state index contributed by atoms with van der Waals surface area (Å²) in [5, 5.41) is 3.04. The standard InChI is InChI=1S/C30H44N2O3/c1-5-8-12-28-27(24(4)33)13-10-14-29(28)35-23-25-15-17-26(18-16-25)30(34)31-19-11-22-32(20-7-3)21-9-6-2/h10,13-18H,5-9,11-12,19-23H2,1-4H3,(H,31,34). The molecule has 0 aliphatic carbocycles. The fourth-order valence-corrected chi connectivity index (χ4v) is 4.20. The van der Waals surface area contributed by atoms with Crippen LogP contribution < -0.4 is 10.1 Å². The highest BCUT2D eigenvalue weighted by Gasteiger charge is 2.13. The van der Waals surface area contributed by atoms with E-state index in [4.69, 9.17) is 4.74 Å². The van der Waals surface area contributed by atoms with Gasteiger partial charge in [0.25, 0.3) is 5.91 Å². The number of rotatable bonds is 17. The van der Waals surface area contributed by atoms with Gasteiger partial charge in [-0.1, -0.05) is 57.9 Å². The Labute approximate surface area is 212 Å². The first-order chi connectivity index (χ1) is 17.0. The van der Waals surface area contributed by atoms with E-state index in [-0.39, 0.29) is 11.7 Å². The molecule has 0 atom stereocenters. The second-order valence-corrected chi connectivity index (χ2v) is 9.23. The van der Waals surface area contributed by atoms with Gasteiger partial charge in [0.05, 0.1) is 0 Å². The summed E-state index contributed by atoms with van der Waals surface area (Å²) in [6, 6.07) is 13.3. The van der Waals surface area contributed by atoms with Crippen LogP contribution in [-0.4, -0.2) is 42.8 Å². The number of ketones is 1. The van der Waals surface area contributed by atoms with Crippen molar-refractivity contribution < 1.29 is 14.3 Å². The summed E-state index contributed by atoms with van der Waals surface area (Å²) < 4.78 is 6.10. The monoisotopic (exact) mass is 480 g/mol. The van der Waals surface area contributed by atoms with Crippen molar-refractivity contribution in [3.05, 3.63) is 64.7 Å². The van der Waals surface area contributed by atoms with Gasteiger partial charge in [-0.2, -0.15) is 0 Å². The Balaban J connectivity index is 1.87. The van der Waals surface area contributed by atoms with Crippen molar-refractivity contribution in [3.63, 3.8) is 0 Å². The zero-order valence-corrected chi connectivity index (χ0v) is 22.2. The first-order valence-electron chi connectivity index (χ1n) is 13.3. The number of hydrogen-bond donors (Lipinski definition) is 1. The summed E-state index contributed by atoms with van der Waals surface area (Å²) in [7, 11) is 0. The predicted octanol–water partition coefficient (Wildman–Crippen LogP) is 6.44. The number of amides is 1. The van der Waals surface area contributed by atoms with E-state index in [1.807, 2.05) is 42.5 Å². The highest BCUT2D eigenvalue weighted by atomic mass is 16.5. The third-order valence-electron chi connectivity index (χ3n) is 6.21. The third-order valence-corrected chi connectivity index (χ3v) is 6.21. The number of hydrogen-bond acceptors (Lipinski definition) is 4. The average molecular weight is 481 g/mol. The minimum absolute atomic E-state index is 0.0379. The fourth-order valence-electron chi connectivity index (χ4n) is 4.20. The molecule has 5 heteroatoms. The van der Waals surface area contributed by atoms with Crippen LogP contribution in [0, 0.1) is 0 Å². The predicted molar refractivity (Wildman–Crippen MR) is 144 cm³/mol. The Morgan fingerprint density at radius 2 is 1.57 bits per heavy atom. The van der Waals surface area contributed by atoms with Crippen LogP contribution in [0.25, 0.3) is 0 Å². The van der Waals surface area contributed by atoms with Crippen molar-refractivity contribution in [2.45, 2.75) is 79.2 Å². The molecule has 0 aliphatic heterocycles. The molecule has 192 valence electrons. The maximum absolute atomic E-state index is 12.5. The molecule has 2 aromatic rings. The van der Waals surface area contributed by atoms with Gasteiger partial charge in [-0.05, 0) is 82.4 Å². The van der Waals surface area contributed by atoms with Gasteiger partial charge in [-0.15, -0.1) is 0 Å². The van der Waals surface area contributed by atoms with Gasteiger partial charge >= 0.3 is 0 Å². The molecule has 5 nitrogen and oxygen atoms in total. The number of unbranched alkanes of at least 4 members (excludes halogenated alkanes) is 2. The minimum atomic E-state index is -0.0379. The maximum atomic E-state index is 12.5. The van der Waals surface area contributed by atoms with Crippen molar-refractivity contribution in [1.82, 2.24) is 10.2 Å². The largest absolute Gasteiger partial charge is 0.489 e. The summed E-state index contributed by atoms with van der Waals surface area (Å²) >= 11 is 0. The molecule has 1 amide bonds. The van der Waals surface area contributed by atoms with E-state index >= 15 is 0 Å². The van der Waals surface area contributed by atoms with Crippen molar-refractivity contribution in [3.8, 4) is 5.75 Å². The first-order valence-corrected chi connectivity index (χ1v) is 13.3. The summed E-state index contributed by atoms with van der Waals surface area (Å²) in [6.45, 7) is 12.5. The number of nitrogens with zero attached hydrogens (tertiary/aromatic N) is 1. The quantitative estimate of drug-likeness (QED) is 0.209. The van der Waals surface area contributed by atoms with E-state index in [0.29, 0.717) is 18.7 Å². The van der Waals surface area contributed by atoms with E-state index in [9.17, 15) is 9.59 Å². The maximum Gasteiger partial charge on any atom is 0.251 e. The Bertz CT molecular complexity index is 908. The molecule has 0 heterocycles. The lowest BCUT2D eigenvalue weighted by atomic mass is 9.98.